The highest BCUT2D eigenvalue weighted by molar-refractivity contribution is 8.19. The van der Waals surface area contributed by atoms with E-state index >= 15 is 0 Å². The van der Waals surface area contributed by atoms with Gasteiger partial charge in [0.2, 0.25) is 0 Å². The number of nitrogens with zero attached hydrogens (tertiary/aromatic N) is 2. The van der Waals surface area contributed by atoms with Gasteiger partial charge >= 0.3 is 0 Å². The number of carbonyl (C=O) groups is 2. The second-order valence-corrected chi connectivity index (χ2v) is 8.37. The van der Waals surface area contributed by atoms with Gasteiger partial charge in [-0.25, -0.2) is 0 Å². The molecule has 2 aliphatic heterocycles. The van der Waals surface area contributed by atoms with Crippen molar-refractivity contribution < 1.29 is 19.8 Å². The number of fused-ring (bicyclic) bond motifs is 1. The maximum atomic E-state index is 12.8. The van der Waals surface area contributed by atoms with Crippen molar-refractivity contribution >= 4 is 35.3 Å². The SMILES string of the molecule is CCCN1C(=O)C(C2Sc3c(O)ccc(O)c3S2)C(=O)N1CCC. The first-order valence-corrected chi connectivity index (χ1v) is 9.76. The summed E-state index contributed by atoms with van der Waals surface area (Å²) in [5, 5.41) is 23.1. The number of hydrazine groups is 1. The molecule has 0 spiro atoms. The van der Waals surface area contributed by atoms with E-state index in [1.165, 1.54) is 35.7 Å². The van der Waals surface area contributed by atoms with Crippen LogP contribution in [0.2, 0.25) is 0 Å². The van der Waals surface area contributed by atoms with E-state index in [0.717, 1.165) is 12.8 Å². The summed E-state index contributed by atoms with van der Waals surface area (Å²) in [5.41, 5.74) is 0. The predicted octanol–water partition coefficient (Wildman–Crippen LogP) is 2.64. The normalized spacial score (nSPS) is 18.8. The lowest BCUT2D eigenvalue weighted by atomic mass is 10.1. The van der Waals surface area contributed by atoms with Crippen LogP contribution >= 0.6 is 23.5 Å². The molecule has 1 saturated heterocycles. The van der Waals surface area contributed by atoms with Crippen LogP contribution in [-0.2, 0) is 9.59 Å². The zero-order valence-corrected chi connectivity index (χ0v) is 15.2. The van der Waals surface area contributed by atoms with Crippen molar-refractivity contribution in [1.82, 2.24) is 10.0 Å². The van der Waals surface area contributed by atoms with Gasteiger partial charge < -0.3 is 10.2 Å². The molecule has 0 radical (unpaired) electrons. The summed E-state index contributed by atoms with van der Waals surface area (Å²) in [6.45, 7) is 4.99. The molecule has 0 atom stereocenters. The fourth-order valence-corrected chi connectivity index (χ4v) is 6.01. The molecule has 0 unspecified atom stereocenters. The molecule has 0 aliphatic carbocycles. The zero-order chi connectivity index (χ0) is 17.4. The Morgan fingerprint density at radius 1 is 0.917 bits per heavy atom. The summed E-state index contributed by atoms with van der Waals surface area (Å²) in [6, 6.07) is 2.85. The van der Waals surface area contributed by atoms with Gasteiger partial charge in [0.05, 0.1) is 14.4 Å². The molecule has 2 aliphatic rings. The van der Waals surface area contributed by atoms with Crippen LogP contribution in [0.5, 0.6) is 11.5 Å². The summed E-state index contributed by atoms with van der Waals surface area (Å²) in [7, 11) is 0. The zero-order valence-electron chi connectivity index (χ0n) is 13.6. The third-order valence-electron chi connectivity index (χ3n) is 4.01. The lowest BCUT2D eigenvalue weighted by Gasteiger charge is -2.26. The monoisotopic (exact) mass is 368 g/mol. The number of benzene rings is 1. The van der Waals surface area contributed by atoms with Crippen molar-refractivity contribution in [2.24, 2.45) is 5.92 Å². The molecule has 0 saturated carbocycles. The first kappa shape index (κ1) is 17.3. The number of phenols is 2. The van der Waals surface area contributed by atoms with E-state index in [4.69, 9.17) is 0 Å². The van der Waals surface area contributed by atoms with E-state index in [1.54, 1.807) is 10.0 Å². The number of aromatic hydroxyl groups is 2. The van der Waals surface area contributed by atoms with E-state index in [-0.39, 0.29) is 27.9 Å². The first-order chi connectivity index (χ1) is 11.5. The summed E-state index contributed by atoms with van der Waals surface area (Å²) in [4.78, 5) is 26.7. The van der Waals surface area contributed by atoms with Gasteiger partial charge in [-0.3, -0.25) is 19.6 Å². The van der Waals surface area contributed by atoms with Crippen LogP contribution in [0.25, 0.3) is 0 Å². The minimum Gasteiger partial charge on any atom is -0.507 e. The van der Waals surface area contributed by atoms with Crippen molar-refractivity contribution in [3.63, 3.8) is 0 Å². The number of hydrogen-bond acceptors (Lipinski definition) is 6. The lowest BCUT2D eigenvalue weighted by molar-refractivity contribution is -0.146. The third kappa shape index (κ3) is 2.71. The van der Waals surface area contributed by atoms with Crippen LogP contribution in [0.1, 0.15) is 26.7 Å². The van der Waals surface area contributed by atoms with Crippen LogP contribution < -0.4 is 0 Å². The average molecular weight is 368 g/mol. The van der Waals surface area contributed by atoms with E-state index in [1.807, 2.05) is 13.8 Å². The van der Waals surface area contributed by atoms with Crippen LogP contribution in [-0.4, -0.2) is 49.7 Å². The molecule has 3 rings (SSSR count). The van der Waals surface area contributed by atoms with E-state index < -0.39 is 5.92 Å². The fraction of sp³-hybridized carbons (Fsp3) is 0.500. The highest BCUT2D eigenvalue weighted by Crippen LogP contribution is 2.57. The van der Waals surface area contributed by atoms with Gasteiger partial charge in [-0.15, -0.1) is 23.5 Å². The minimum absolute atomic E-state index is 0.0662. The molecule has 1 aromatic carbocycles. The summed E-state index contributed by atoms with van der Waals surface area (Å²) >= 11 is 2.56. The Bertz CT molecular complexity index is 627. The highest BCUT2D eigenvalue weighted by Gasteiger charge is 2.51. The topological polar surface area (TPSA) is 81.1 Å². The van der Waals surface area contributed by atoms with Crippen molar-refractivity contribution in [3.05, 3.63) is 12.1 Å². The predicted molar refractivity (Wildman–Crippen MR) is 92.8 cm³/mol. The van der Waals surface area contributed by atoms with Crippen molar-refractivity contribution in [2.45, 2.75) is 41.1 Å². The number of hydrogen-bond donors (Lipinski definition) is 2. The lowest BCUT2D eigenvalue weighted by Crippen LogP contribution is -2.41. The third-order valence-corrected chi connectivity index (χ3v) is 7.03. The van der Waals surface area contributed by atoms with E-state index in [0.29, 0.717) is 22.9 Å². The molecular formula is C16H20N2O4S2. The maximum Gasteiger partial charge on any atom is 0.255 e. The number of amides is 2. The Morgan fingerprint density at radius 3 is 1.71 bits per heavy atom. The van der Waals surface area contributed by atoms with Crippen LogP contribution in [0.3, 0.4) is 0 Å². The summed E-state index contributed by atoms with van der Waals surface area (Å²) < 4.78 is -0.375. The average Bonchev–Trinajstić information content (AvgIpc) is 3.08. The molecule has 0 aromatic heterocycles. The summed E-state index contributed by atoms with van der Waals surface area (Å²) in [5.74, 6) is -1.03. The second kappa shape index (κ2) is 6.76. The molecule has 24 heavy (non-hydrogen) atoms. The number of rotatable bonds is 5. The van der Waals surface area contributed by atoms with Gasteiger partial charge in [-0.1, -0.05) is 13.8 Å². The largest absolute Gasteiger partial charge is 0.507 e. The Morgan fingerprint density at radius 2 is 1.33 bits per heavy atom. The Labute approximate surface area is 149 Å². The van der Waals surface area contributed by atoms with Crippen molar-refractivity contribution in [2.75, 3.05) is 13.1 Å². The molecule has 2 amide bonds. The van der Waals surface area contributed by atoms with Crippen molar-refractivity contribution in [3.8, 4) is 11.5 Å². The molecule has 1 fully saturated rings. The second-order valence-electron chi connectivity index (χ2n) is 5.77. The Balaban J connectivity index is 1.88. The van der Waals surface area contributed by atoms with Gasteiger partial charge in [0.15, 0.2) is 0 Å². The van der Waals surface area contributed by atoms with Gasteiger partial charge in [0, 0.05) is 13.1 Å². The molecule has 2 heterocycles. The standard InChI is InChI=1S/C16H20N2O4S2/c1-3-7-17-14(21)11(15(22)18(17)8-4-2)16-23-12-9(19)5-6-10(20)13(12)24-16/h5-6,11,16,19-20H,3-4,7-8H2,1-2H3. The Hall–Kier alpha value is -1.54. The maximum absolute atomic E-state index is 12.8. The molecule has 1 aromatic rings. The van der Waals surface area contributed by atoms with Crippen molar-refractivity contribution in [1.29, 1.82) is 0 Å². The van der Waals surface area contributed by atoms with Crippen LogP contribution in [0, 0.1) is 5.92 Å². The van der Waals surface area contributed by atoms with Crippen LogP contribution in [0.4, 0.5) is 0 Å². The minimum atomic E-state index is -0.788. The molecule has 8 heteroatoms. The smallest absolute Gasteiger partial charge is 0.255 e. The van der Waals surface area contributed by atoms with Gasteiger partial charge in [-0.05, 0) is 25.0 Å². The van der Waals surface area contributed by atoms with E-state index in [2.05, 4.69) is 0 Å². The highest BCUT2D eigenvalue weighted by atomic mass is 32.2. The molecule has 6 nitrogen and oxygen atoms in total. The number of carbonyl (C=O) groups excluding carboxylic acids is 2. The molecule has 130 valence electrons. The van der Waals surface area contributed by atoms with E-state index in [9.17, 15) is 19.8 Å². The molecular weight excluding hydrogens is 348 g/mol. The quantitative estimate of drug-likeness (QED) is 0.614. The fourth-order valence-electron chi connectivity index (χ4n) is 2.95. The number of thioether (sulfide) groups is 2. The Kier molecular flexibility index (Phi) is 4.87. The first-order valence-electron chi connectivity index (χ1n) is 8.00. The number of phenolic OH excluding ortho intramolecular Hbond substituents is 2. The molecule has 2 N–H and O–H groups in total. The van der Waals surface area contributed by atoms with Gasteiger partial charge in [0.1, 0.15) is 17.4 Å². The summed E-state index contributed by atoms with van der Waals surface area (Å²) in [6.07, 6.45) is 1.55. The molecule has 0 bridgehead atoms. The van der Waals surface area contributed by atoms with Crippen LogP contribution in [0.15, 0.2) is 21.9 Å². The van der Waals surface area contributed by atoms with Gasteiger partial charge in [0.25, 0.3) is 11.8 Å². The van der Waals surface area contributed by atoms with Gasteiger partial charge in [-0.2, -0.15) is 0 Å².